The maximum Gasteiger partial charge on any atom is 0.0619 e. The van der Waals surface area contributed by atoms with E-state index in [0.717, 1.165) is 0 Å². The van der Waals surface area contributed by atoms with Gasteiger partial charge in [-0.2, -0.15) is 0 Å². The number of hydrogen-bond donors (Lipinski definition) is 0. The van der Waals surface area contributed by atoms with Crippen molar-refractivity contribution in [2.75, 3.05) is 0 Å². The molecule has 0 aliphatic rings. The molecule has 2 heteroatoms. The molecule has 0 aliphatic heterocycles. The number of hydrogen-bond acceptors (Lipinski definition) is 0. The van der Waals surface area contributed by atoms with Gasteiger partial charge in [-0.3, -0.25) is 0 Å². The Labute approximate surface area is 218 Å². The largest absolute Gasteiger partial charge is 0.309 e. The Balaban J connectivity index is 1.52. The molecule has 176 valence electrons. The number of fused-ring (bicyclic) bond motifs is 5. The Bertz CT molecular complexity index is 2330. The smallest absolute Gasteiger partial charge is 0.0619 e. The van der Waals surface area contributed by atoms with Crippen LogP contribution < -0.4 is 0 Å². The average Bonchev–Trinajstić information content (AvgIpc) is 3.46. The van der Waals surface area contributed by atoms with E-state index in [9.17, 15) is 0 Å². The molecule has 38 heavy (non-hydrogen) atoms. The van der Waals surface area contributed by atoms with E-state index in [1.807, 2.05) is 0 Å². The van der Waals surface area contributed by atoms with Gasteiger partial charge in [0, 0.05) is 32.6 Å². The standard InChI is InChI=1S/C36H22N2/c1-2-10-23(11-3-1)24-12-6-13-25(22-24)37-31-19-8-15-27-29-17-7-16-28-26-14-4-5-18-30(26)38(36(28)29)33-21-9-20-32(37)35(33)34(27)31/h1-22H. The first-order valence-corrected chi connectivity index (χ1v) is 13.1. The molecule has 0 fully saturated rings. The maximum absolute atomic E-state index is 2.49. The molecule has 0 radical (unpaired) electrons. The van der Waals surface area contributed by atoms with Gasteiger partial charge in [-0.1, -0.05) is 97.1 Å². The molecule has 2 nitrogen and oxygen atoms in total. The fraction of sp³-hybridized carbons (Fsp3) is 0. The van der Waals surface area contributed by atoms with Crippen LogP contribution in [-0.4, -0.2) is 8.97 Å². The molecule has 0 amide bonds. The van der Waals surface area contributed by atoms with Gasteiger partial charge in [-0.15, -0.1) is 0 Å². The number of aromatic nitrogens is 2. The molecular weight excluding hydrogens is 460 g/mol. The van der Waals surface area contributed by atoms with Crippen LogP contribution in [0.2, 0.25) is 0 Å². The van der Waals surface area contributed by atoms with Crippen LogP contribution in [0.25, 0.3) is 76.7 Å². The van der Waals surface area contributed by atoms with E-state index in [1.165, 1.54) is 76.7 Å². The molecule has 0 N–H and O–H groups in total. The summed E-state index contributed by atoms with van der Waals surface area (Å²) in [5.41, 5.74) is 9.89. The predicted molar refractivity (Wildman–Crippen MR) is 161 cm³/mol. The van der Waals surface area contributed by atoms with Crippen LogP contribution in [0.5, 0.6) is 0 Å². The normalized spacial score (nSPS) is 12.2. The van der Waals surface area contributed by atoms with Crippen molar-refractivity contribution in [3.05, 3.63) is 133 Å². The minimum absolute atomic E-state index is 1.18. The van der Waals surface area contributed by atoms with E-state index >= 15 is 0 Å². The fourth-order valence-electron chi connectivity index (χ4n) is 6.72. The Kier molecular flexibility index (Phi) is 3.82. The monoisotopic (exact) mass is 482 g/mol. The molecule has 0 saturated carbocycles. The highest BCUT2D eigenvalue weighted by atomic mass is 15.0. The third kappa shape index (κ3) is 2.47. The highest BCUT2D eigenvalue weighted by Crippen LogP contribution is 2.44. The van der Waals surface area contributed by atoms with Gasteiger partial charge in [0.25, 0.3) is 0 Å². The zero-order valence-electron chi connectivity index (χ0n) is 20.6. The maximum atomic E-state index is 2.49. The molecule has 9 rings (SSSR count). The fourth-order valence-corrected chi connectivity index (χ4v) is 6.72. The molecule has 0 unspecified atom stereocenters. The number of nitrogens with zero attached hydrogens (tertiary/aromatic N) is 2. The summed E-state index contributed by atoms with van der Waals surface area (Å²) in [7, 11) is 0. The van der Waals surface area contributed by atoms with Gasteiger partial charge >= 0.3 is 0 Å². The van der Waals surface area contributed by atoms with Crippen molar-refractivity contribution >= 4 is 59.9 Å². The van der Waals surface area contributed by atoms with Crippen LogP contribution in [0.4, 0.5) is 0 Å². The summed E-state index contributed by atoms with van der Waals surface area (Å²) in [5, 5.41) is 7.82. The topological polar surface area (TPSA) is 9.34 Å². The summed E-state index contributed by atoms with van der Waals surface area (Å²) in [6.45, 7) is 0. The molecule has 0 atom stereocenters. The molecule has 6 aromatic carbocycles. The highest BCUT2D eigenvalue weighted by Gasteiger charge is 2.21. The van der Waals surface area contributed by atoms with E-state index in [2.05, 4.69) is 142 Å². The van der Waals surface area contributed by atoms with Crippen molar-refractivity contribution in [3.8, 4) is 16.8 Å². The lowest BCUT2D eigenvalue weighted by Crippen LogP contribution is -1.95. The molecule has 3 aromatic heterocycles. The minimum atomic E-state index is 1.18. The lowest BCUT2D eigenvalue weighted by molar-refractivity contribution is 1.18. The molecule has 0 spiro atoms. The second-order valence-corrected chi connectivity index (χ2v) is 10.2. The molecule has 0 bridgehead atoms. The van der Waals surface area contributed by atoms with E-state index in [-0.39, 0.29) is 0 Å². The lowest BCUT2D eigenvalue weighted by atomic mass is 10.0. The van der Waals surface area contributed by atoms with Gasteiger partial charge in [0.2, 0.25) is 0 Å². The zero-order chi connectivity index (χ0) is 24.8. The molecule has 9 aromatic rings. The number of rotatable bonds is 2. The molecule has 3 heterocycles. The van der Waals surface area contributed by atoms with Gasteiger partial charge in [0.1, 0.15) is 0 Å². The first-order chi connectivity index (χ1) is 18.9. The Morgan fingerprint density at radius 2 is 0.947 bits per heavy atom. The van der Waals surface area contributed by atoms with Gasteiger partial charge < -0.3 is 8.97 Å². The third-order valence-corrected chi connectivity index (χ3v) is 8.23. The predicted octanol–water partition coefficient (Wildman–Crippen LogP) is 9.60. The summed E-state index contributed by atoms with van der Waals surface area (Å²) < 4.78 is 4.94. The Morgan fingerprint density at radius 3 is 1.84 bits per heavy atom. The zero-order valence-corrected chi connectivity index (χ0v) is 20.6. The van der Waals surface area contributed by atoms with Crippen LogP contribution in [0.3, 0.4) is 0 Å². The number of benzene rings is 6. The first-order valence-electron chi connectivity index (χ1n) is 13.1. The second-order valence-electron chi connectivity index (χ2n) is 10.2. The summed E-state index contributed by atoms with van der Waals surface area (Å²) in [6, 6.07) is 48.7. The van der Waals surface area contributed by atoms with Crippen LogP contribution >= 0.6 is 0 Å². The van der Waals surface area contributed by atoms with Gasteiger partial charge in [-0.05, 0) is 52.9 Å². The molecule has 0 saturated heterocycles. The average molecular weight is 483 g/mol. The van der Waals surface area contributed by atoms with Crippen molar-refractivity contribution in [3.63, 3.8) is 0 Å². The summed E-state index contributed by atoms with van der Waals surface area (Å²) in [6.07, 6.45) is 0. The highest BCUT2D eigenvalue weighted by molar-refractivity contribution is 6.31. The lowest BCUT2D eigenvalue weighted by Gasteiger charge is -2.11. The molecular formula is C36H22N2. The van der Waals surface area contributed by atoms with Gasteiger partial charge in [0.05, 0.1) is 27.6 Å². The Hall–Kier alpha value is -5.08. The van der Waals surface area contributed by atoms with Crippen molar-refractivity contribution < 1.29 is 0 Å². The van der Waals surface area contributed by atoms with Crippen molar-refractivity contribution in [2.45, 2.75) is 0 Å². The van der Waals surface area contributed by atoms with Crippen molar-refractivity contribution in [1.82, 2.24) is 8.97 Å². The second kappa shape index (κ2) is 7.24. The van der Waals surface area contributed by atoms with Crippen LogP contribution in [-0.2, 0) is 0 Å². The quantitative estimate of drug-likeness (QED) is 0.232. The van der Waals surface area contributed by atoms with E-state index in [0.29, 0.717) is 0 Å². The first kappa shape index (κ1) is 20.0. The van der Waals surface area contributed by atoms with Crippen LogP contribution in [0, 0.1) is 0 Å². The van der Waals surface area contributed by atoms with Gasteiger partial charge in [0.15, 0.2) is 0 Å². The van der Waals surface area contributed by atoms with Crippen molar-refractivity contribution in [1.29, 1.82) is 0 Å². The summed E-state index contributed by atoms with van der Waals surface area (Å²) >= 11 is 0. The van der Waals surface area contributed by atoms with E-state index < -0.39 is 0 Å². The minimum Gasteiger partial charge on any atom is -0.309 e. The SMILES string of the molecule is c1ccc(-c2cccc(-n3c4cccc5c6cccc7c8ccccc8n(c8cccc3c8c54)c67)c2)cc1. The Morgan fingerprint density at radius 1 is 0.368 bits per heavy atom. The van der Waals surface area contributed by atoms with Crippen LogP contribution in [0.1, 0.15) is 0 Å². The van der Waals surface area contributed by atoms with Crippen LogP contribution in [0.15, 0.2) is 133 Å². The molecule has 0 aliphatic carbocycles. The summed E-state index contributed by atoms with van der Waals surface area (Å²) in [4.78, 5) is 0. The third-order valence-electron chi connectivity index (χ3n) is 8.23. The van der Waals surface area contributed by atoms with E-state index in [4.69, 9.17) is 0 Å². The number of para-hydroxylation sites is 2. The summed E-state index contributed by atoms with van der Waals surface area (Å²) in [5.74, 6) is 0. The van der Waals surface area contributed by atoms with Crippen molar-refractivity contribution in [2.24, 2.45) is 0 Å². The van der Waals surface area contributed by atoms with Gasteiger partial charge in [-0.25, -0.2) is 0 Å². The van der Waals surface area contributed by atoms with E-state index in [1.54, 1.807) is 0 Å².